The van der Waals surface area contributed by atoms with Gasteiger partial charge in [-0.05, 0) is 31.9 Å². The molecule has 12 nitrogen and oxygen atoms in total. The number of thioether (sulfide) groups is 1. The van der Waals surface area contributed by atoms with Crippen LogP contribution < -0.4 is 20.9 Å². The van der Waals surface area contributed by atoms with Gasteiger partial charge in [-0.15, -0.1) is 0 Å². The van der Waals surface area contributed by atoms with E-state index in [1.54, 1.807) is 0 Å². The van der Waals surface area contributed by atoms with Crippen molar-refractivity contribution in [1.82, 2.24) is 20.9 Å². The monoisotopic (exact) mass is 663 g/mol. The third-order valence-corrected chi connectivity index (χ3v) is 10.4. The van der Waals surface area contributed by atoms with Crippen LogP contribution in [0, 0.1) is 6.92 Å². The number of amides is 2. The fourth-order valence-electron chi connectivity index (χ4n) is 6.13. The van der Waals surface area contributed by atoms with Crippen molar-refractivity contribution in [3.05, 3.63) is 29.8 Å². The molecule has 3 N–H and O–H groups in total. The molecule has 0 aliphatic carbocycles. The summed E-state index contributed by atoms with van der Waals surface area (Å²) < 4.78 is 27.7. The number of piperazine rings is 2. The van der Waals surface area contributed by atoms with Crippen molar-refractivity contribution >= 4 is 29.3 Å². The lowest BCUT2D eigenvalue weighted by Gasteiger charge is -2.36. The van der Waals surface area contributed by atoms with E-state index < -0.39 is 0 Å². The Balaban J connectivity index is 0.738. The first-order valence-electron chi connectivity index (χ1n) is 17.0. The van der Waals surface area contributed by atoms with Crippen molar-refractivity contribution in [3.63, 3.8) is 0 Å². The van der Waals surface area contributed by atoms with E-state index >= 15 is 0 Å². The highest BCUT2D eigenvalue weighted by Crippen LogP contribution is 2.37. The lowest BCUT2D eigenvalue weighted by atomic mass is 10.00. The molecule has 0 spiro atoms. The number of nitrogens with one attached hydrogen (secondary N) is 3. The average molecular weight is 664 g/mol. The van der Waals surface area contributed by atoms with E-state index in [0.29, 0.717) is 89.6 Å². The Morgan fingerprint density at radius 3 is 2.22 bits per heavy atom. The lowest BCUT2D eigenvalue weighted by molar-refractivity contribution is -0.132. The third-order valence-electron chi connectivity index (χ3n) is 8.87. The molecule has 4 aliphatic heterocycles. The van der Waals surface area contributed by atoms with Crippen LogP contribution >= 0.6 is 11.8 Å². The number of hydrogen-bond donors (Lipinski definition) is 3. The number of carbonyl (C=O) groups is 2. The summed E-state index contributed by atoms with van der Waals surface area (Å²) in [5.41, 5.74) is 2.47. The minimum Gasteiger partial charge on any atom is -0.379 e. The summed E-state index contributed by atoms with van der Waals surface area (Å²) >= 11 is 2.03. The van der Waals surface area contributed by atoms with Gasteiger partial charge >= 0.3 is 0 Å². The summed E-state index contributed by atoms with van der Waals surface area (Å²) in [6.45, 7) is 9.51. The largest absolute Gasteiger partial charge is 0.379 e. The SMILES string of the molecule is Cc1ccc(N2CCN(C(=O)CCOCCOCCOCCOCCNC(=O)CCCCC3SCC4NC5OC5NC43)CC2)cc1. The first kappa shape index (κ1) is 35.3. The molecule has 5 rings (SSSR count). The Morgan fingerprint density at radius 1 is 0.848 bits per heavy atom. The van der Waals surface area contributed by atoms with Crippen molar-refractivity contribution < 1.29 is 33.3 Å². The van der Waals surface area contributed by atoms with Gasteiger partial charge in [0.15, 0.2) is 12.5 Å². The predicted molar refractivity (Wildman–Crippen MR) is 178 cm³/mol. The van der Waals surface area contributed by atoms with Crippen LogP contribution in [0.25, 0.3) is 0 Å². The molecule has 0 aromatic heterocycles. The average Bonchev–Trinajstić information content (AvgIpc) is 3.73. The van der Waals surface area contributed by atoms with E-state index in [-0.39, 0.29) is 24.3 Å². The number of benzene rings is 1. The summed E-state index contributed by atoms with van der Waals surface area (Å²) in [5.74, 6) is 1.36. The molecular weight excluding hydrogens is 610 g/mol. The number of nitrogens with zero attached hydrogens (tertiary/aromatic N) is 2. The highest BCUT2D eigenvalue weighted by molar-refractivity contribution is 8.00. The van der Waals surface area contributed by atoms with Crippen LogP contribution in [0.4, 0.5) is 5.69 Å². The molecular formula is C33H53N5O7S. The molecule has 0 saturated carbocycles. The fraction of sp³-hybridized carbons (Fsp3) is 0.758. The van der Waals surface area contributed by atoms with Gasteiger partial charge < -0.3 is 38.8 Å². The van der Waals surface area contributed by atoms with Gasteiger partial charge in [-0.2, -0.15) is 11.8 Å². The van der Waals surface area contributed by atoms with E-state index in [1.807, 2.05) is 16.7 Å². The van der Waals surface area contributed by atoms with E-state index in [0.717, 1.165) is 51.2 Å². The van der Waals surface area contributed by atoms with Crippen LogP contribution in [0.1, 0.15) is 37.7 Å². The molecule has 4 saturated heterocycles. The van der Waals surface area contributed by atoms with Crippen molar-refractivity contribution in [2.45, 2.75) is 68.8 Å². The van der Waals surface area contributed by atoms with Crippen LogP contribution in [0.5, 0.6) is 0 Å². The zero-order chi connectivity index (χ0) is 32.0. The number of unbranched alkanes of at least 4 members (excludes halogenated alkanes) is 1. The minimum absolute atomic E-state index is 0.0869. The maximum absolute atomic E-state index is 12.5. The first-order valence-corrected chi connectivity index (χ1v) is 18.1. The Bertz CT molecular complexity index is 1060. The molecule has 5 atom stereocenters. The van der Waals surface area contributed by atoms with Crippen LogP contribution in [-0.4, -0.2) is 138 Å². The molecule has 13 heteroatoms. The predicted octanol–water partition coefficient (Wildman–Crippen LogP) is 1.50. The maximum Gasteiger partial charge on any atom is 0.225 e. The number of aryl methyl sites for hydroxylation is 1. The fourth-order valence-corrected chi connectivity index (χ4v) is 7.70. The summed E-state index contributed by atoms with van der Waals surface area (Å²) in [6.07, 6.45) is 4.47. The smallest absolute Gasteiger partial charge is 0.225 e. The standard InChI is InChI=1S/C33H53N5O7S/c1-25-6-8-26(9-7-25)37-12-14-38(15-13-37)30(40)10-16-41-18-20-43-22-23-44-21-19-42-17-11-34-29(39)5-3-2-4-28-31-27(24-46-28)35-32-33(36-31)45-32/h6-9,27-28,31-33,35-36H,2-5,10-24H2,1H3,(H,34,39). The van der Waals surface area contributed by atoms with Crippen molar-refractivity contribution in [3.8, 4) is 0 Å². The summed E-state index contributed by atoms with van der Waals surface area (Å²) in [7, 11) is 0. The highest BCUT2D eigenvalue weighted by atomic mass is 32.2. The molecule has 1 aromatic carbocycles. The zero-order valence-electron chi connectivity index (χ0n) is 27.3. The van der Waals surface area contributed by atoms with Crippen molar-refractivity contribution in [2.75, 3.05) is 96.2 Å². The van der Waals surface area contributed by atoms with Gasteiger partial charge in [0.25, 0.3) is 0 Å². The van der Waals surface area contributed by atoms with Gasteiger partial charge in [0.2, 0.25) is 11.8 Å². The maximum atomic E-state index is 12.5. The minimum atomic E-state index is 0.0869. The number of hydrogen-bond acceptors (Lipinski definition) is 11. The molecule has 0 bridgehead atoms. The van der Waals surface area contributed by atoms with E-state index in [9.17, 15) is 9.59 Å². The topological polar surface area (TPSA) is 126 Å². The Morgan fingerprint density at radius 2 is 1.50 bits per heavy atom. The van der Waals surface area contributed by atoms with Crippen LogP contribution in [-0.2, 0) is 33.3 Å². The molecule has 0 radical (unpaired) electrons. The number of anilines is 1. The molecule has 5 unspecified atom stereocenters. The Kier molecular flexibility index (Phi) is 14.7. The Labute approximate surface area is 277 Å². The third kappa shape index (κ3) is 11.6. The molecule has 4 fully saturated rings. The quantitative estimate of drug-likeness (QED) is 0.131. The Hall–Kier alpha value is -1.97. The van der Waals surface area contributed by atoms with Gasteiger partial charge in [0, 0.05) is 67.9 Å². The normalized spacial score (nSPS) is 25.3. The molecule has 4 aliphatic rings. The number of ether oxygens (including phenoxy) is 5. The summed E-state index contributed by atoms with van der Waals surface area (Å²) in [4.78, 5) is 28.9. The molecule has 1 aromatic rings. The van der Waals surface area contributed by atoms with E-state index in [1.165, 1.54) is 11.3 Å². The molecule has 258 valence electrons. The number of rotatable bonds is 21. The number of fused-ring (bicyclic) bond motifs is 2. The second-order valence-electron chi connectivity index (χ2n) is 12.3. The van der Waals surface area contributed by atoms with Crippen LogP contribution in [0.15, 0.2) is 24.3 Å². The lowest BCUT2D eigenvalue weighted by Crippen LogP contribution is -2.57. The zero-order valence-corrected chi connectivity index (χ0v) is 28.1. The van der Waals surface area contributed by atoms with Gasteiger partial charge in [-0.1, -0.05) is 24.1 Å². The van der Waals surface area contributed by atoms with Gasteiger partial charge in [-0.3, -0.25) is 20.2 Å². The second-order valence-corrected chi connectivity index (χ2v) is 13.6. The van der Waals surface area contributed by atoms with E-state index in [4.69, 9.17) is 23.7 Å². The van der Waals surface area contributed by atoms with Gasteiger partial charge in [-0.25, -0.2) is 0 Å². The molecule has 4 heterocycles. The first-order chi connectivity index (χ1) is 22.6. The molecule has 2 amide bonds. The van der Waals surface area contributed by atoms with Crippen LogP contribution in [0.2, 0.25) is 0 Å². The number of carbonyl (C=O) groups excluding carboxylic acids is 2. The summed E-state index contributed by atoms with van der Waals surface area (Å²) in [6, 6.07) is 9.53. The second kappa shape index (κ2) is 19.1. The summed E-state index contributed by atoms with van der Waals surface area (Å²) in [5, 5.41) is 10.7. The molecule has 46 heavy (non-hydrogen) atoms. The van der Waals surface area contributed by atoms with E-state index in [2.05, 4.69) is 52.0 Å². The van der Waals surface area contributed by atoms with Crippen molar-refractivity contribution in [2.24, 2.45) is 0 Å². The van der Waals surface area contributed by atoms with Gasteiger partial charge in [0.1, 0.15) is 0 Å². The van der Waals surface area contributed by atoms with Gasteiger partial charge in [0.05, 0.1) is 59.3 Å². The van der Waals surface area contributed by atoms with Crippen LogP contribution in [0.3, 0.4) is 0 Å². The van der Waals surface area contributed by atoms with Crippen molar-refractivity contribution in [1.29, 1.82) is 0 Å². The number of epoxide rings is 1. The highest BCUT2D eigenvalue weighted by Gasteiger charge is 2.52.